The highest BCUT2D eigenvalue weighted by Gasteiger charge is 2.18. The van der Waals surface area contributed by atoms with Gasteiger partial charge in [-0.3, -0.25) is 0 Å². The number of carbonyl (C=O) groups excluding carboxylic acids is 1. The van der Waals surface area contributed by atoms with Crippen LogP contribution in [0.1, 0.15) is 60.2 Å². The Morgan fingerprint density at radius 3 is 2.52 bits per heavy atom. The van der Waals surface area contributed by atoms with Crippen LogP contribution >= 0.6 is 12.6 Å². The number of carboxylic acids is 1. The molecule has 116 valence electrons. The van der Waals surface area contributed by atoms with Gasteiger partial charge in [-0.1, -0.05) is 39.2 Å². The van der Waals surface area contributed by atoms with Gasteiger partial charge in [0, 0.05) is 4.90 Å². The Morgan fingerprint density at radius 2 is 1.95 bits per heavy atom. The second-order valence-corrected chi connectivity index (χ2v) is 5.47. The monoisotopic (exact) mass is 310 g/mol. The minimum atomic E-state index is -1.11. The molecule has 5 heteroatoms. The zero-order valence-electron chi connectivity index (χ0n) is 12.5. The van der Waals surface area contributed by atoms with E-state index in [-0.39, 0.29) is 16.0 Å². The van der Waals surface area contributed by atoms with Crippen molar-refractivity contribution < 1.29 is 19.4 Å². The van der Waals surface area contributed by atoms with Crippen LogP contribution in [0.4, 0.5) is 0 Å². The summed E-state index contributed by atoms with van der Waals surface area (Å²) >= 11 is 4.13. The zero-order chi connectivity index (χ0) is 15.8. The molecule has 1 unspecified atom stereocenters. The molecule has 0 heterocycles. The largest absolute Gasteiger partial charge is 0.478 e. The van der Waals surface area contributed by atoms with E-state index in [2.05, 4.69) is 26.5 Å². The van der Waals surface area contributed by atoms with Crippen LogP contribution in [-0.4, -0.2) is 23.7 Å². The van der Waals surface area contributed by atoms with E-state index in [0.29, 0.717) is 12.5 Å². The van der Waals surface area contributed by atoms with Crippen LogP contribution in [0, 0.1) is 5.92 Å². The van der Waals surface area contributed by atoms with Gasteiger partial charge in [0.25, 0.3) is 0 Å². The van der Waals surface area contributed by atoms with Crippen LogP contribution in [0.3, 0.4) is 0 Å². The van der Waals surface area contributed by atoms with E-state index in [1.54, 1.807) is 0 Å². The van der Waals surface area contributed by atoms with Crippen molar-refractivity contribution >= 4 is 24.6 Å². The van der Waals surface area contributed by atoms with Crippen LogP contribution in [0.15, 0.2) is 23.1 Å². The van der Waals surface area contributed by atoms with Gasteiger partial charge in [0.2, 0.25) is 0 Å². The first-order valence-electron chi connectivity index (χ1n) is 7.23. The van der Waals surface area contributed by atoms with E-state index in [1.807, 2.05) is 0 Å². The van der Waals surface area contributed by atoms with E-state index in [1.165, 1.54) is 18.2 Å². The summed E-state index contributed by atoms with van der Waals surface area (Å²) in [6, 6.07) is 4.47. The van der Waals surface area contributed by atoms with Crippen LogP contribution < -0.4 is 0 Å². The van der Waals surface area contributed by atoms with E-state index < -0.39 is 11.9 Å². The molecular weight excluding hydrogens is 288 g/mol. The number of hydrogen-bond acceptors (Lipinski definition) is 4. The third kappa shape index (κ3) is 5.08. The molecule has 1 aromatic rings. The summed E-state index contributed by atoms with van der Waals surface area (Å²) in [6.07, 6.45) is 4.22. The molecule has 0 aliphatic rings. The maximum atomic E-state index is 12.1. The Labute approximate surface area is 130 Å². The molecule has 1 rings (SSSR count). The molecule has 0 aliphatic heterocycles. The number of rotatable bonds is 8. The highest BCUT2D eigenvalue weighted by Crippen LogP contribution is 2.21. The fourth-order valence-corrected chi connectivity index (χ4v) is 2.39. The number of thiol groups is 1. The third-order valence-corrected chi connectivity index (χ3v) is 3.96. The first-order valence-corrected chi connectivity index (χ1v) is 7.68. The first-order chi connectivity index (χ1) is 10.0. The molecule has 0 saturated carbocycles. The molecule has 0 radical (unpaired) electrons. The standard InChI is InChI=1S/C16H22O4S/c1-3-5-7-11(4-2)10-20-16(19)13-9-6-8-12(14(13)21)15(17)18/h6,8-9,11,21H,3-5,7,10H2,1-2H3,(H,17,18). The van der Waals surface area contributed by atoms with E-state index in [9.17, 15) is 9.59 Å². The summed E-state index contributed by atoms with van der Waals surface area (Å²) in [5, 5.41) is 9.02. The van der Waals surface area contributed by atoms with Crippen molar-refractivity contribution in [3.63, 3.8) is 0 Å². The van der Waals surface area contributed by atoms with Gasteiger partial charge in [0.15, 0.2) is 0 Å². The Morgan fingerprint density at radius 1 is 1.29 bits per heavy atom. The van der Waals surface area contributed by atoms with Gasteiger partial charge in [-0.2, -0.15) is 0 Å². The lowest BCUT2D eigenvalue weighted by Gasteiger charge is -2.15. The quantitative estimate of drug-likeness (QED) is 0.562. The summed E-state index contributed by atoms with van der Waals surface area (Å²) in [4.78, 5) is 23.2. The lowest BCUT2D eigenvalue weighted by Crippen LogP contribution is -2.15. The van der Waals surface area contributed by atoms with Gasteiger partial charge in [-0.05, 0) is 24.5 Å². The summed E-state index contributed by atoms with van der Waals surface area (Å²) in [5.41, 5.74) is 0.203. The minimum Gasteiger partial charge on any atom is -0.478 e. The predicted octanol–water partition coefficient (Wildman–Crippen LogP) is 4.05. The van der Waals surface area contributed by atoms with Crippen molar-refractivity contribution in [1.29, 1.82) is 0 Å². The SMILES string of the molecule is CCCCC(CC)COC(=O)c1cccc(C(=O)O)c1S. The number of ether oxygens (including phenoxy) is 1. The van der Waals surface area contributed by atoms with Gasteiger partial charge in [-0.25, -0.2) is 9.59 Å². The fraction of sp³-hybridized carbons (Fsp3) is 0.500. The maximum Gasteiger partial charge on any atom is 0.339 e. The summed E-state index contributed by atoms with van der Waals surface area (Å²) in [6.45, 7) is 4.56. The smallest absolute Gasteiger partial charge is 0.339 e. The topological polar surface area (TPSA) is 63.6 Å². The Kier molecular flexibility index (Phi) is 7.29. The average Bonchev–Trinajstić information content (AvgIpc) is 2.47. The molecule has 0 spiro atoms. The zero-order valence-corrected chi connectivity index (χ0v) is 13.4. The van der Waals surface area contributed by atoms with Crippen LogP contribution in [0.2, 0.25) is 0 Å². The van der Waals surface area contributed by atoms with Crippen LogP contribution in [-0.2, 0) is 4.74 Å². The van der Waals surface area contributed by atoms with Gasteiger partial charge in [0.1, 0.15) is 0 Å². The third-order valence-electron chi connectivity index (χ3n) is 3.48. The number of aromatic carboxylic acids is 1. The molecule has 21 heavy (non-hydrogen) atoms. The molecule has 0 fully saturated rings. The molecular formula is C16H22O4S. The molecule has 0 amide bonds. The average molecular weight is 310 g/mol. The van der Waals surface area contributed by atoms with Crippen molar-refractivity contribution in [2.24, 2.45) is 5.92 Å². The molecule has 1 atom stereocenters. The molecule has 0 aromatic heterocycles. The number of carboxylic acid groups (broad SMARTS) is 1. The summed E-state index contributed by atoms with van der Waals surface area (Å²) in [5.74, 6) is -1.28. The molecule has 1 aromatic carbocycles. The molecule has 0 saturated heterocycles. The van der Waals surface area contributed by atoms with Gasteiger partial charge in [0.05, 0.1) is 17.7 Å². The number of hydrogen-bond donors (Lipinski definition) is 2. The van der Waals surface area contributed by atoms with Gasteiger partial charge in [-0.15, -0.1) is 12.6 Å². The van der Waals surface area contributed by atoms with Crippen molar-refractivity contribution in [2.75, 3.05) is 6.61 Å². The molecule has 0 bridgehead atoms. The van der Waals surface area contributed by atoms with Crippen molar-refractivity contribution in [2.45, 2.75) is 44.4 Å². The predicted molar refractivity (Wildman–Crippen MR) is 84.2 cm³/mol. The molecule has 1 N–H and O–H groups in total. The van der Waals surface area contributed by atoms with Crippen molar-refractivity contribution in [1.82, 2.24) is 0 Å². The number of esters is 1. The van der Waals surface area contributed by atoms with E-state index in [4.69, 9.17) is 9.84 Å². The van der Waals surface area contributed by atoms with E-state index in [0.717, 1.165) is 25.7 Å². The van der Waals surface area contributed by atoms with Crippen LogP contribution in [0.25, 0.3) is 0 Å². The second-order valence-electron chi connectivity index (χ2n) is 5.02. The molecule has 0 aliphatic carbocycles. The van der Waals surface area contributed by atoms with Crippen molar-refractivity contribution in [3.05, 3.63) is 29.3 Å². The van der Waals surface area contributed by atoms with Gasteiger partial charge < -0.3 is 9.84 Å². The molecule has 4 nitrogen and oxygen atoms in total. The van der Waals surface area contributed by atoms with Crippen molar-refractivity contribution in [3.8, 4) is 0 Å². The number of carbonyl (C=O) groups is 2. The van der Waals surface area contributed by atoms with Crippen LogP contribution in [0.5, 0.6) is 0 Å². The Bertz CT molecular complexity index is 499. The fourth-order valence-electron chi connectivity index (χ4n) is 2.05. The highest BCUT2D eigenvalue weighted by atomic mass is 32.1. The maximum absolute atomic E-state index is 12.1. The first kappa shape index (κ1) is 17.6. The Balaban J connectivity index is 2.72. The lowest BCUT2D eigenvalue weighted by atomic mass is 10.0. The minimum absolute atomic E-state index is 0.00538. The number of benzene rings is 1. The van der Waals surface area contributed by atoms with Gasteiger partial charge >= 0.3 is 11.9 Å². The summed E-state index contributed by atoms with van der Waals surface area (Å²) in [7, 11) is 0. The highest BCUT2D eigenvalue weighted by molar-refractivity contribution is 7.80. The van der Waals surface area contributed by atoms with E-state index >= 15 is 0 Å². The number of unbranched alkanes of at least 4 members (excludes halogenated alkanes) is 1. The Hall–Kier alpha value is -1.49. The lowest BCUT2D eigenvalue weighted by molar-refractivity contribution is 0.0424. The second kappa shape index (κ2) is 8.72. The normalized spacial score (nSPS) is 12.0. The summed E-state index contributed by atoms with van der Waals surface area (Å²) < 4.78 is 5.31.